The minimum atomic E-state index is -0.362. The summed E-state index contributed by atoms with van der Waals surface area (Å²) in [5.41, 5.74) is 2.46. The van der Waals surface area contributed by atoms with Crippen LogP contribution in [0.1, 0.15) is 41.7 Å². The summed E-state index contributed by atoms with van der Waals surface area (Å²) >= 11 is 0. The molecule has 8 nitrogen and oxygen atoms in total. The molecule has 2 aromatic heterocycles. The number of imidazole rings is 1. The maximum absolute atomic E-state index is 12.9. The van der Waals surface area contributed by atoms with E-state index in [1.54, 1.807) is 12.5 Å². The molecule has 1 fully saturated rings. The molecule has 2 atom stereocenters. The number of nitrogens with zero attached hydrogens (tertiary/aromatic N) is 4. The van der Waals surface area contributed by atoms with Gasteiger partial charge in [0, 0.05) is 42.9 Å². The first-order chi connectivity index (χ1) is 14.5. The second-order valence-electron chi connectivity index (χ2n) is 7.81. The molecule has 4 rings (SSSR count). The lowest BCUT2D eigenvalue weighted by Gasteiger charge is -2.31. The van der Waals surface area contributed by atoms with Crippen LogP contribution in [0.4, 0.5) is 0 Å². The van der Waals surface area contributed by atoms with Crippen LogP contribution in [0.25, 0.3) is 10.9 Å². The summed E-state index contributed by atoms with van der Waals surface area (Å²) in [5.74, 6) is -0.825. The number of fused-ring (bicyclic) bond motifs is 1. The van der Waals surface area contributed by atoms with Crippen LogP contribution < -0.4 is 5.32 Å². The molecular formula is C22H24N6O2. The summed E-state index contributed by atoms with van der Waals surface area (Å²) in [5, 5.41) is 13.0. The molecule has 0 spiro atoms. The maximum atomic E-state index is 12.9. The Morgan fingerprint density at radius 2 is 2.17 bits per heavy atom. The third kappa shape index (κ3) is 4.06. The van der Waals surface area contributed by atoms with Crippen molar-refractivity contribution >= 4 is 22.7 Å². The predicted octanol–water partition coefficient (Wildman–Crippen LogP) is 2.64. The monoisotopic (exact) mass is 404 g/mol. The van der Waals surface area contributed by atoms with Crippen molar-refractivity contribution in [2.45, 2.75) is 38.3 Å². The van der Waals surface area contributed by atoms with Crippen LogP contribution in [-0.2, 0) is 11.3 Å². The van der Waals surface area contributed by atoms with E-state index in [0.717, 1.165) is 40.6 Å². The van der Waals surface area contributed by atoms with Gasteiger partial charge >= 0.3 is 0 Å². The maximum Gasteiger partial charge on any atom is 0.267 e. The van der Waals surface area contributed by atoms with Crippen molar-refractivity contribution in [3.05, 3.63) is 54.2 Å². The van der Waals surface area contributed by atoms with Crippen LogP contribution in [-0.4, -0.2) is 44.3 Å². The average Bonchev–Trinajstić information content (AvgIpc) is 3.42. The van der Waals surface area contributed by atoms with E-state index in [9.17, 15) is 9.59 Å². The zero-order valence-corrected chi connectivity index (χ0v) is 16.8. The number of benzene rings is 1. The van der Waals surface area contributed by atoms with Gasteiger partial charge in [-0.15, -0.1) is 0 Å². The third-order valence-electron chi connectivity index (χ3n) is 5.74. The van der Waals surface area contributed by atoms with Gasteiger partial charge in [0.05, 0.1) is 12.2 Å². The summed E-state index contributed by atoms with van der Waals surface area (Å²) in [6.07, 6.45) is 10.6. The second kappa shape index (κ2) is 8.41. The Kier molecular flexibility index (Phi) is 5.53. The molecule has 3 aromatic rings. The number of nitriles is 1. The number of nitrogens with one attached hydrogen (secondary N) is 2. The summed E-state index contributed by atoms with van der Waals surface area (Å²) in [4.78, 5) is 33.7. The fourth-order valence-electron chi connectivity index (χ4n) is 4.13. The number of hydrogen-bond donors (Lipinski definition) is 2. The standard InChI is InChI=1S/C22H24N6O2/c1-27(13-23)22(30)17-4-2-3-5-18(17)26-21(29)20-11-16-7-6-15(10-19(16)25-20)12-28-9-8-24-14-28/h6-11,14,17-18,25H,2-5,12H2,1H3,(H,26,29)/t17-,18+/m1/s1. The Morgan fingerprint density at radius 3 is 2.93 bits per heavy atom. The third-order valence-corrected chi connectivity index (χ3v) is 5.74. The summed E-state index contributed by atoms with van der Waals surface area (Å²) in [6.45, 7) is 0.703. The number of H-pyrrole nitrogens is 1. The minimum Gasteiger partial charge on any atom is -0.351 e. The fourth-order valence-corrected chi connectivity index (χ4v) is 4.13. The molecule has 1 aliphatic rings. The highest BCUT2D eigenvalue weighted by Gasteiger charge is 2.34. The Labute approximate surface area is 174 Å². The normalized spacial score (nSPS) is 18.7. The van der Waals surface area contributed by atoms with E-state index in [1.807, 2.05) is 41.2 Å². The molecule has 0 aliphatic heterocycles. The van der Waals surface area contributed by atoms with Gasteiger partial charge in [0.15, 0.2) is 6.19 Å². The van der Waals surface area contributed by atoms with Crippen LogP contribution in [0.3, 0.4) is 0 Å². The van der Waals surface area contributed by atoms with Crippen molar-refractivity contribution < 1.29 is 9.59 Å². The zero-order chi connectivity index (χ0) is 21.1. The van der Waals surface area contributed by atoms with Gasteiger partial charge in [0.2, 0.25) is 5.91 Å². The van der Waals surface area contributed by atoms with Gasteiger partial charge in [0.1, 0.15) is 5.69 Å². The number of hydrogen-bond acceptors (Lipinski definition) is 4. The molecule has 154 valence electrons. The lowest BCUT2D eigenvalue weighted by molar-refractivity contribution is -0.133. The van der Waals surface area contributed by atoms with Gasteiger partial charge in [0.25, 0.3) is 5.91 Å². The Morgan fingerprint density at radius 1 is 1.33 bits per heavy atom. The molecule has 0 saturated heterocycles. The van der Waals surface area contributed by atoms with E-state index in [2.05, 4.69) is 15.3 Å². The van der Waals surface area contributed by atoms with Crippen LogP contribution in [0.2, 0.25) is 0 Å². The lowest BCUT2D eigenvalue weighted by Crippen LogP contribution is -2.48. The first kappa shape index (κ1) is 19.7. The molecule has 30 heavy (non-hydrogen) atoms. The highest BCUT2D eigenvalue weighted by atomic mass is 16.2. The molecule has 2 amide bonds. The largest absolute Gasteiger partial charge is 0.351 e. The van der Waals surface area contributed by atoms with Crippen LogP contribution >= 0.6 is 0 Å². The van der Waals surface area contributed by atoms with Gasteiger partial charge in [-0.1, -0.05) is 25.0 Å². The lowest BCUT2D eigenvalue weighted by atomic mass is 9.83. The van der Waals surface area contributed by atoms with Crippen LogP contribution in [0, 0.1) is 17.4 Å². The van der Waals surface area contributed by atoms with Gasteiger partial charge in [-0.25, -0.2) is 4.98 Å². The summed E-state index contributed by atoms with van der Waals surface area (Å²) < 4.78 is 1.98. The van der Waals surface area contributed by atoms with E-state index in [-0.39, 0.29) is 23.8 Å². The van der Waals surface area contributed by atoms with Gasteiger partial charge in [-0.05, 0) is 30.5 Å². The number of aromatic nitrogens is 3. The molecule has 1 aromatic carbocycles. The Balaban J connectivity index is 1.49. The molecule has 8 heteroatoms. The van der Waals surface area contributed by atoms with Gasteiger partial charge in [-0.2, -0.15) is 5.26 Å². The molecule has 1 saturated carbocycles. The van der Waals surface area contributed by atoms with E-state index < -0.39 is 0 Å². The molecule has 0 radical (unpaired) electrons. The van der Waals surface area contributed by atoms with E-state index in [0.29, 0.717) is 18.7 Å². The number of aromatic amines is 1. The summed E-state index contributed by atoms with van der Waals surface area (Å²) in [6, 6.07) is 7.61. The van der Waals surface area contributed by atoms with Crippen molar-refractivity contribution in [1.82, 2.24) is 24.8 Å². The number of carbonyl (C=O) groups is 2. The highest BCUT2D eigenvalue weighted by molar-refractivity contribution is 5.98. The highest BCUT2D eigenvalue weighted by Crippen LogP contribution is 2.26. The van der Waals surface area contributed by atoms with Crippen molar-refractivity contribution in [3.63, 3.8) is 0 Å². The topological polar surface area (TPSA) is 107 Å². The first-order valence-electron chi connectivity index (χ1n) is 10.1. The quantitative estimate of drug-likeness (QED) is 0.503. The molecule has 1 aliphatic carbocycles. The van der Waals surface area contributed by atoms with E-state index in [1.165, 1.54) is 7.05 Å². The van der Waals surface area contributed by atoms with E-state index in [4.69, 9.17) is 5.26 Å². The summed E-state index contributed by atoms with van der Waals surface area (Å²) in [7, 11) is 1.47. The molecular weight excluding hydrogens is 380 g/mol. The Bertz CT molecular complexity index is 1090. The number of amides is 2. The van der Waals surface area contributed by atoms with Gasteiger partial charge < -0.3 is 14.9 Å². The number of carbonyl (C=O) groups excluding carboxylic acids is 2. The van der Waals surface area contributed by atoms with Gasteiger partial charge in [-0.3, -0.25) is 14.5 Å². The Hall–Kier alpha value is -3.60. The first-order valence-corrected chi connectivity index (χ1v) is 10.1. The number of rotatable bonds is 5. The smallest absolute Gasteiger partial charge is 0.267 e. The minimum absolute atomic E-state index is 0.230. The molecule has 0 unspecified atom stereocenters. The predicted molar refractivity (Wildman–Crippen MR) is 111 cm³/mol. The molecule has 2 heterocycles. The molecule has 2 N–H and O–H groups in total. The van der Waals surface area contributed by atoms with Crippen molar-refractivity contribution in [1.29, 1.82) is 5.26 Å². The van der Waals surface area contributed by atoms with Crippen molar-refractivity contribution in [2.75, 3.05) is 7.05 Å². The SMILES string of the molecule is CN(C#N)C(=O)[C@@H]1CCCC[C@@H]1NC(=O)c1cc2ccc(Cn3ccnc3)cc2[nH]1. The van der Waals surface area contributed by atoms with Crippen LogP contribution in [0.5, 0.6) is 0 Å². The zero-order valence-electron chi connectivity index (χ0n) is 16.8. The second-order valence-corrected chi connectivity index (χ2v) is 7.81. The average molecular weight is 404 g/mol. The van der Waals surface area contributed by atoms with Crippen molar-refractivity contribution in [3.8, 4) is 6.19 Å². The van der Waals surface area contributed by atoms with Crippen molar-refractivity contribution in [2.24, 2.45) is 5.92 Å². The molecule has 0 bridgehead atoms. The fraction of sp³-hybridized carbons (Fsp3) is 0.364. The van der Waals surface area contributed by atoms with E-state index >= 15 is 0 Å². The van der Waals surface area contributed by atoms with Crippen LogP contribution in [0.15, 0.2) is 43.0 Å².